The Morgan fingerprint density at radius 3 is 2.40 bits per heavy atom. The van der Waals surface area contributed by atoms with Crippen LogP contribution in [-0.4, -0.2) is 24.5 Å². The van der Waals surface area contributed by atoms with Crippen molar-refractivity contribution >= 4 is 0 Å². The van der Waals surface area contributed by atoms with Crippen LogP contribution in [0.3, 0.4) is 0 Å². The molecule has 0 amide bonds. The largest absolute Gasteiger partial charge is 0.299 e. The van der Waals surface area contributed by atoms with Gasteiger partial charge in [0.15, 0.2) is 0 Å². The Morgan fingerprint density at radius 1 is 1.20 bits per heavy atom. The second kappa shape index (κ2) is 9.97. The number of hydrogen-bond acceptors (Lipinski definition) is 1. The number of likely N-dealkylation sites (N-methyl/N-ethyl adjacent to an activating group) is 1. The van der Waals surface area contributed by atoms with Crippen molar-refractivity contribution in [3.05, 3.63) is 23.8 Å². The topological polar surface area (TPSA) is 3.24 Å². The first-order chi connectivity index (χ1) is 7.28. The molecule has 0 aliphatic carbocycles. The van der Waals surface area contributed by atoms with Crippen molar-refractivity contribution in [2.24, 2.45) is 0 Å². The maximum atomic E-state index is 2.51. The highest BCUT2D eigenvalue weighted by atomic mass is 15.1. The second-order valence-corrected chi connectivity index (χ2v) is 3.90. The average molecular weight is 209 g/mol. The smallest absolute Gasteiger partial charge is 0.0230 e. The zero-order chi connectivity index (χ0) is 11.5. The average Bonchev–Trinajstić information content (AvgIpc) is 2.28. The molecule has 0 aliphatic heterocycles. The van der Waals surface area contributed by atoms with Gasteiger partial charge in [0.05, 0.1) is 0 Å². The molecule has 15 heavy (non-hydrogen) atoms. The van der Waals surface area contributed by atoms with E-state index in [2.05, 4.69) is 50.8 Å². The van der Waals surface area contributed by atoms with Crippen LogP contribution in [0.2, 0.25) is 0 Å². The molecule has 88 valence electrons. The third kappa shape index (κ3) is 7.38. The first-order valence-corrected chi connectivity index (χ1v) is 6.32. The summed E-state index contributed by atoms with van der Waals surface area (Å²) in [7, 11) is 0. The van der Waals surface area contributed by atoms with E-state index in [-0.39, 0.29) is 0 Å². The van der Waals surface area contributed by atoms with Crippen molar-refractivity contribution in [1.29, 1.82) is 0 Å². The zero-order valence-electron chi connectivity index (χ0n) is 10.9. The number of allylic oxidation sites excluding steroid dienone is 2. The summed E-state index contributed by atoms with van der Waals surface area (Å²) in [4.78, 5) is 2.51. The first kappa shape index (κ1) is 14.4. The third-order valence-corrected chi connectivity index (χ3v) is 2.62. The Morgan fingerprint density at radius 2 is 1.93 bits per heavy atom. The van der Waals surface area contributed by atoms with Crippen LogP contribution in [0.1, 0.15) is 47.0 Å². The highest BCUT2D eigenvalue weighted by molar-refractivity contribution is 5.19. The summed E-state index contributed by atoms with van der Waals surface area (Å²) in [5.74, 6) is 0. The molecule has 0 aromatic heterocycles. The maximum Gasteiger partial charge on any atom is 0.0230 e. The molecule has 0 aromatic rings. The fraction of sp³-hybridized carbons (Fsp3) is 0.714. The van der Waals surface area contributed by atoms with Crippen molar-refractivity contribution in [2.45, 2.75) is 47.0 Å². The molecule has 0 heterocycles. The predicted molar refractivity (Wildman–Crippen MR) is 70.2 cm³/mol. The van der Waals surface area contributed by atoms with E-state index in [1.807, 2.05) is 0 Å². The van der Waals surface area contributed by atoms with Crippen molar-refractivity contribution in [3.8, 4) is 0 Å². The first-order valence-electron chi connectivity index (χ1n) is 6.32. The van der Waals surface area contributed by atoms with Crippen LogP contribution in [-0.2, 0) is 0 Å². The van der Waals surface area contributed by atoms with Gasteiger partial charge in [-0.25, -0.2) is 0 Å². The van der Waals surface area contributed by atoms with Gasteiger partial charge in [-0.05, 0) is 38.4 Å². The van der Waals surface area contributed by atoms with Crippen molar-refractivity contribution in [3.63, 3.8) is 0 Å². The van der Waals surface area contributed by atoms with Gasteiger partial charge in [-0.3, -0.25) is 4.90 Å². The van der Waals surface area contributed by atoms with Crippen LogP contribution in [0.15, 0.2) is 23.8 Å². The van der Waals surface area contributed by atoms with Gasteiger partial charge in [-0.15, -0.1) is 0 Å². The van der Waals surface area contributed by atoms with Gasteiger partial charge >= 0.3 is 0 Å². The predicted octanol–water partition coefficient (Wildman–Crippen LogP) is 4.02. The highest BCUT2D eigenvalue weighted by Crippen LogP contribution is 2.04. The third-order valence-electron chi connectivity index (χ3n) is 2.62. The van der Waals surface area contributed by atoms with Gasteiger partial charge in [0, 0.05) is 6.54 Å². The molecule has 0 unspecified atom stereocenters. The van der Waals surface area contributed by atoms with Gasteiger partial charge < -0.3 is 0 Å². The summed E-state index contributed by atoms with van der Waals surface area (Å²) in [5, 5.41) is 0. The molecule has 0 N–H and O–H groups in total. The normalized spacial score (nSPS) is 13.0. The Hall–Kier alpha value is -0.560. The zero-order valence-corrected chi connectivity index (χ0v) is 10.9. The maximum absolute atomic E-state index is 2.51. The van der Waals surface area contributed by atoms with E-state index in [0.717, 1.165) is 19.5 Å². The Labute approximate surface area is 95.9 Å². The lowest BCUT2D eigenvalue weighted by atomic mass is 10.2. The molecule has 0 bridgehead atoms. The summed E-state index contributed by atoms with van der Waals surface area (Å²) in [5.41, 5.74) is 1.44. The Balaban J connectivity index is 4.06. The summed E-state index contributed by atoms with van der Waals surface area (Å²) in [6, 6.07) is 0. The standard InChI is InChI=1S/C14H27N/c1-5-9-11-14(7-3)13-15(8-4)12-10-6-2/h7,9,11H,5-6,8,10,12-13H2,1-4H3/b11-9-,14-7+. The van der Waals surface area contributed by atoms with Crippen molar-refractivity contribution in [1.82, 2.24) is 4.90 Å². The summed E-state index contributed by atoms with van der Waals surface area (Å²) >= 11 is 0. The lowest BCUT2D eigenvalue weighted by Gasteiger charge is -2.20. The van der Waals surface area contributed by atoms with Gasteiger partial charge in [0.2, 0.25) is 0 Å². The molecule has 0 saturated carbocycles. The molecule has 0 rings (SSSR count). The second-order valence-electron chi connectivity index (χ2n) is 3.90. The Bertz CT molecular complexity index is 192. The summed E-state index contributed by atoms with van der Waals surface area (Å²) < 4.78 is 0. The van der Waals surface area contributed by atoms with Gasteiger partial charge in [0.1, 0.15) is 0 Å². The van der Waals surface area contributed by atoms with Crippen LogP contribution in [0.25, 0.3) is 0 Å². The molecule has 0 radical (unpaired) electrons. The molecule has 0 saturated heterocycles. The van der Waals surface area contributed by atoms with E-state index in [1.54, 1.807) is 0 Å². The SMILES string of the molecule is C/C=C(\C=C/CC)CN(CC)CCCC. The monoisotopic (exact) mass is 209 g/mol. The molecule has 1 nitrogen and oxygen atoms in total. The summed E-state index contributed by atoms with van der Waals surface area (Å²) in [6.07, 6.45) is 10.4. The minimum atomic E-state index is 1.10. The van der Waals surface area contributed by atoms with Crippen molar-refractivity contribution in [2.75, 3.05) is 19.6 Å². The molecular weight excluding hydrogens is 182 g/mol. The lowest BCUT2D eigenvalue weighted by molar-refractivity contribution is 0.308. The quantitative estimate of drug-likeness (QED) is 0.546. The van der Waals surface area contributed by atoms with E-state index >= 15 is 0 Å². The fourth-order valence-electron chi connectivity index (χ4n) is 1.50. The molecular formula is C14H27N. The van der Waals surface area contributed by atoms with Gasteiger partial charge in [-0.2, -0.15) is 0 Å². The van der Waals surface area contributed by atoms with E-state index in [4.69, 9.17) is 0 Å². The van der Waals surface area contributed by atoms with Gasteiger partial charge in [0.25, 0.3) is 0 Å². The number of nitrogens with zero attached hydrogens (tertiary/aromatic N) is 1. The Kier molecular flexibility index (Phi) is 9.60. The van der Waals surface area contributed by atoms with Crippen LogP contribution in [0.4, 0.5) is 0 Å². The molecule has 0 spiro atoms. The van der Waals surface area contributed by atoms with Gasteiger partial charge in [-0.1, -0.05) is 45.4 Å². The van der Waals surface area contributed by atoms with Crippen molar-refractivity contribution < 1.29 is 0 Å². The molecule has 0 aromatic carbocycles. The van der Waals surface area contributed by atoms with Crippen LogP contribution < -0.4 is 0 Å². The summed E-state index contributed by atoms with van der Waals surface area (Å²) in [6.45, 7) is 12.3. The van der Waals surface area contributed by atoms with E-state index in [9.17, 15) is 0 Å². The number of unbranched alkanes of at least 4 members (excludes halogenated alkanes) is 1. The van der Waals surface area contributed by atoms with Crippen LogP contribution in [0.5, 0.6) is 0 Å². The molecule has 1 heteroatoms. The minimum Gasteiger partial charge on any atom is -0.299 e. The highest BCUT2D eigenvalue weighted by Gasteiger charge is 2.02. The fourth-order valence-corrected chi connectivity index (χ4v) is 1.50. The van der Waals surface area contributed by atoms with Crippen LogP contribution >= 0.6 is 0 Å². The molecule has 0 fully saturated rings. The van der Waals surface area contributed by atoms with Crippen LogP contribution in [0, 0.1) is 0 Å². The minimum absolute atomic E-state index is 1.10. The lowest BCUT2D eigenvalue weighted by Crippen LogP contribution is -2.26. The molecule has 0 aliphatic rings. The number of rotatable bonds is 8. The van der Waals surface area contributed by atoms with E-state index in [1.165, 1.54) is 25.0 Å². The number of hydrogen-bond donors (Lipinski definition) is 0. The van der Waals surface area contributed by atoms with E-state index < -0.39 is 0 Å². The van der Waals surface area contributed by atoms with E-state index in [0.29, 0.717) is 0 Å². The molecule has 0 atom stereocenters.